The van der Waals surface area contributed by atoms with Crippen LogP contribution in [0.4, 0.5) is 18.9 Å². The molecule has 6 nitrogen and oxygen atoms in total. The molecule has 0 fully saturated rings. The van der Waals surface area contributed by atoms with E-state index in [1.54, 1.807) is 0 Å². The molecule has 3 aromatic rings. The maximum Gasteiger partial charge on any atom is 0.573 e. The Morgan fingerprint density at radius 3 is 2.53 bits per heavy atom. The number of hydrogen-bond acceptors (Lipinski definition) is 5. The molecular weight excluding hydrogens is 423 g/mol. The molecule has 0 bridgehead atoms. The molecule has 10 heteroatoms. The number of hydrogen-bond donors (Lipinski definition) is 0. The molecule has 1 heterocycles. The first-order chi connectivity index (χ1) is 15.4. The lowest BCUT2D eigenvalue weighted by Gasteiger charge is -2.20. The summed E-state index contributed by atoms with van der Waals surface area (Å²) < 4.78 is 69.6. The van der Waals surface area contributed by atoms with Crippen LogP contribution in [-0.2, 0) is 0 Å². The summed E-state index contributed by atoms with van der Waals surface area (Å²) >= 11 is 5.93. The third-order valence-corrected chi connectivity index (χ3v) is 4.06. The summed E-state index contributed by atoms with van der Waals surface area (Å²) in [5.74, 6) is -1.38. The number of nitrogens with zero attached hydrogens (tertiary/aromatic N) is 3. The quantitative estimate of drug-likeness (QED) is 0.560. The van der Waals surface area contributed by atoms with E-state index in [1.165, 1.54) is 43.6 Å². The number of carbonyl (C=O) groups is 1. The molecule has 1 amide bonds. The van der Waals surface area contributed by atoms with E-state index in [1.807, 2.05) is 0 Å². The monoisotopic (exact) mass is 440 g/mol. The highest BCUT2D eigenvalue weighted by Gasteiger charge is 2.31. The smallest absolute Gasteiger partial charge is 0.495 e. The SMILES string of the molecule is [2H]C([2H])([2H])N(C(=O)c1cncc(-c2ccc(OC(F)(F)F)cc2)n1)c1ccc(Cl)cc1OC. The van der Waals surface area contributed by atoms with Crippen LogP contribution in [0.3, 0.4) is 0 Å². The summed E-state index contributed by atoms with van der Waals surface area (Å²) in [6.45, 7) is -2.91. The molecule has 0 saturated heterocycles. The number of ether oxygens (including phenoxy) is 2. The summed E-state index contributed by atoms with van der Waals surface area (Å²) in [6, 6.07) is 8.82. The van der Waals surface area contributed by atoms with E-state index in [9.17, 15) is 18.0 Å². The lowest BCUT2D eigenvalue weighted by atomic mass is 10.1. The van der Waals surface area contributed by atoms with E-state index in [-0.39, 0.29) is 27.8 Å². The molecule has 30 heavy (non-hydrogen) atoms. The standard InChI is InChI=1S/C20H15ClF3N3O3/c1-27(17-8-5-13(21)9-18(17)29-2)19(28)16-11-25-10-15(26-16)12-3-6-14(7-4-12)30-20(22,23)24/h3-11H,1-2H3/i1D3. The highest BCUT2D eigenvalue weighted by atomic mass is 35.5. The van der Waals surface area contributed by atoms with Gasteiger partial charge in [-0.1, -0.05) is 11.6 Å². The highest BCUT2D eigenvalue weighted by Crippen LogP contribution is 2.31. The Morgan fingerprint density at radius 1 is 1.17 bits per heavy atom. The van der Waals surface area contributed by atoms with Crippen LogP contribution in [0.25, 0.3) is 11.3 Å². The molecule has 1 aromatic heterocycles. The van der Waals surface area contributed by atoms with Gasteiger partial charge in [0.2, 0.25) is 0 Å². The molecule has 0 aliphatic heterocycles. The maximum absolute atomic E-state index is 13.2. The van der Waals surface area contributed by atoms with Gasteiger partial charge < -0.3 is 14.4 Å². The Balaban J connectivity index is 1.97. The minimum Gasteiger partial charge on any atom is -0.495 e. The number of anilines is 1. The highest BCUT2D eigenvalue weighted by molar-refractivity contribution is 6.30. The van der Waals surface area contributed by atoms with E-state index in [0.717, 1.165) is 18.3 Å². The Labute approximate surface area is 179 Å². The Bertz CT molecular complexity index is 1160. The van der Waals surface area contributed by atoms with Gasteiger partial charge in [-0.05, 0) is 36.4 Å². The van der Waals surface area contributed by atoms with Gasteiger partial charge in [-0.25, -0.2) is 4.98 Å². The van der Waals surface area contributed by atoms with Crippen LogP contribution in [0, 0.1) is 0 Å². The Kier molecular flexibility index (Phi) is 5.01. The van der Waals surface area contributed by atoms with Crippen LogP contribution in [-0.4, -0.2) is 36.3 Å². The van der Waals surface area contributed by atoms with Crippen molar-refractivity contribution in [1.29, 1.82) is 0 Å². The van der Waals surface area contributed by atoms with Crippen LogP contribution in [0.1, 0.15) is 14.6 Å². The van der Waals surface area contributed by atoms with Gasteiger partial charge in [0.05, 0.1) is 30.9 Å². The molecule has 0 saturated carbocycles. The van der Waals surface area contributed by atoms with Crippen molar-refractivity contribution >= 4 is 23.2 Å². The van der Waals surface area contributed by atoms with E-state index < -0.39 is 25.0 Å². The molecule has 0 spiro atoms. The zero-order valence-electron chi connectivity index (χ0n) is 18.3. The average molecular weight is 441 g/mol. The summed E-state index contributed by atoms with van der Waals surface area (Å²) in [4.78, 5) is 21.8. The van der Waals surface area contributed by atoms with Crippen LogP contribution in [0.5, 0.6) is 11.5 Å². The van der Waals surface area contributed by atoms with Crippen molar-refractivity contribution < 1.29 is 31.6 Å². The van der Waals surface area contributed by atoms with E-state index in [0.29, 0.717) is 10.5 Å². The van der Waals surface area contributed by atoms with Crippen LogP contribution >= 0.6 is 11.6 Å². The first-order valence-electron chi connectivity index (χ1n) is 9.75. The zero-order valence-corrected chi connectivity index (χ0v) is 16.0. The summed E-state index contributed by atoms with van der Waals surface area (Å²) in [7, 11) is 1.30. The number of methoxy groups -OCH3 is 1. The zero-order chi connectivity index (χ0) is 24.4. The molecule has 0 aliphatic carbocycles. The van der Waals surface area contributed by atoms with Crippen LogP contribution in [0.2, 0.25) is 5.02 Å². The van der Waals surface area contributed by atoms with Crippen LogP contribution < -0.4 is 14.4 Å². The van der Waals surface area contributed by atoms with Crippen molar-refractivity contribution in [1.82, 2.24) is 9.97 Å². The average Bonchev–Trinajstić information content (AvgIpc) is 2.73. The fourth-order valence-electron chi connectivity index (χ4n) is 2.50. The molecule has 0 unspecified atom stereocenters. The molecule has 0 N–H and O–H groups in total. The minimum atomic E-state index is -4.84. The number of halogens is 4. The van der Waals surface area contributed by atoms with Crippen molar-refractivity contribution in [2.45, 2.75) is 6.36 Å². The predicted molar refractivity (Wildman–Crippen MR) is 105 cm³/mol. The lowest BCUT2D eigenvalue weighted by molar-refractivity contribution is -0.274. The van der Waals surface area contributed by atoms with Crippen molar-refractivity contribution in [3.8, 4) is 22.8 Å². The molecule has 2 aromatic carbocycles. The molecule has 3 rings (SSSR count). The van der Waals surface area contributed by atoms with Gasteiger partial charge in [0.1, 0.15) is 17.2 Å². The fraction of sp³-hybridized carbons (Fsp3) is 0.150. The number of carbonyl (C=O) groups excluding carboxylic acids is 1. The third kappa shape index (κ3) is 4.98. The summed E-state index contributed by atoms with van der Waals surface area (Å²) in [6.07, 6.45) is -2.48. The van der Waals surface area contributed by atoms with Crippen molar-refractivity contribution in [2.75, 3.05) is 19.0 Å². The van der Waals surface area contributed by atoms with Crippen molar-refractivity contribution in [3.63, 3.8) is 0 Å². The van der Waals surface area contributed by atoms with E-state index in [4.69, 9.17) is 20.5 Å². The fourth-order valence-corrected chi connectivity index (χ4v) is 2.66. The van der Waals surface area contributed by atoms with E-state index >= 15 is 0 Å². The second kappa shape index (κ2) is 8.58. The topological polar surface area (TPSA) is 64.6 Å². The number of amides is 1. The first kappa shape index (κ1) is 17.5. The molecule has 0 radical (unpaired) electrons. The largest absolute Gasteiger partial charge is 0.573 e. The lowest BCUT2D eigenvalue weighted by Crippen LogP contribution is -2.27. The number of aromatic nitrogens is 2. The van der Waals surface area contributed by atoms with Gasteiger partial charge in [0.15, 0.2) is 0 Å². The summed E-state index contributed by atoms with van der Waals surface area (Å²) in [5, 5.41) is 0.272. The van der Waals surface area contributed by atoms with E-state index in [2.05, 4.69) is 14.7 Å². The summed E-state index contributed by atoms with van der Waals surface area (Å²) in [5.41, 5.74) is 0.0909. The van der Waals surface area contributed by atoms with Crippen molar-refractivity contribution in [2.24, 2.45) is 0 Å². The number of benzene rings is 2. The Hall–Kier alpha value is -3.33. The van der Waals surface area contributed by atoms with Gasteiger partial charge in [-0.2, -0.15) is 0 Å². The third-order valence-electron chi connectivity index (χ3n) is 3.82. The maximum atomic E-state index is 13.2. The number of rotatable bonds is 5. The van der Waals surface area contributed by atoms with Crippen molar-refractivity contribution in [3.05, 3.63) is 65.6 Å². The molecule has 156 valence electrons. The predicted octanol–water partition coefficient (Wildman–Crippen LogP) is 4.98. The second-order valence-corrected chi connectivity index (χ2v) is 6.25. The molecule has 0 atom stereocenters. The van der Waals surface area contributed by atoms with Crippen LogP contribution in [0.15, 0.2) is 54.9 Å². The second-order valence-electron chi connectivity index (χ2n) is 5.82. The van der Waals surface area contributed by atoms with Gasteiger partial charge in [0, 0.05) is 27.7 Å². The molecular formula is C20H15ClF3N3O3. The van der Waals surface area contributed by atoms with Gasteiger partial charge in [-0.15, -0.1) is 13.2 Å². The minimum absolute atomic E-state index is 0.0522. The number of alkyl halides is 3. The van der Waals surface area contributed by atoms with Gasteiger partial charge in [-0.3, -0.25) is 9.78 Å². The molecule has 0 aliphatic rings. The van der Waals surface area contributed by atoms with Gasteiger partial charge in [0.25, 0.3) is 5.91 Å². The Morgan fingerprint density at radius 2 is 1.90 bits per heavy atom. The van der Waals surface area contributed by atoms with Gasteiger partial charge >= 0.3 is 6.36 Å². The first-order valence-corrected chi connectivity index (χ1v) is 8.63. The normalized spacial score (nSPS) is 13.0.